The molecule has 0 radical (unpaired) electrons. The molecule has 8 heteroatoms. The Bertz CT molecular complexity index is 896. The van der Waals surface area contributed by atoms with Gasteiger partial charge in [0.15, 0.2) is 5.00 Å². The summed E-state index contributed by atoms with van der Waals surface area (Å²) in [6.07, 6.45) is 2.74. The van der Waals surface area contributed by atoms with E-state index in [0.717, 1.165) is 16.4 Å². The van der Waals surface area contributed by atoms with Crippen molar-refractivity contribution < 1.29 is 9.53 Å². The Balaban J connectivity index is 1.78. The summed E-state index contributed by atoms with van der Waals surface area (Å²) in [4.78, 5) is 25.0. The number of hydrogen-bond donors (Lipinski definition) is 2. The molecule has 0 aliphatic rings. The Morgan fingerprint density at radius 3 is 2.73 bits per heavy atom. The van der Waals surface area contributed by atoms with Crippen LogP contribution in [0.25, 0.3) is 0 Å². The number of nitrogens with one attached hydrogen (secondary N) is 2. The van der Waals surface area contributed by atoms with Gasteiger partial charge in [-0.15, -0.1) is 0 Å². The van der Waals surface area contributed by atoms with E-state index in [1.54, 1.807) is 18.5 Å². The zero-order valence-corrected chi connectivity index (χ0v) is 15.5. The van der Waals surface area contributed by atoms with Crippen molar-refractivity contribution in [1.82, 2.24) is 15.0 Å². The number of rotatable bonds is 5. The molecule has 0 fully saturated rings. The maximum absolute atomic E-state index is 12.2. The molecule has 3 heterocycles. The molecule has 0 aliphatic heterocycles. The Kier molecular flexibility index (Phi) is 5.43. The first-order valence-electron chi connectivity index (χ1n) is 8.11. The van der Waals surface area contributed by atoms with Gasteiger partial charge in [0.1, 0.15) is 10.8 Å². The standard InChI is InChI=1S/C18H19N5O2S/c1-11(2)16-23-15(17(26-16)21-13-7-5-9-19-10-13)25-18(24)22-14-8-4-6-12(3)20-14/h4-11,21H,1-3H3,(H,20,22,24). The van der Waals surface area contributed by atoms with Crippen molar-refractivity contribution in [2.45, 2.75) is 26.7 Å². The number of nitrogens with zero attached hydrogens (tertiary/aromatic N) is 3. The van der Waals surface area contributed by atoms with Crippen LogP contribution < -0.4 is 15.4 Å². The molecule has 0 saturated heterocycles. The molecule has 3 aromatic rings. The van der Waals surface area contributed by atoms with Gasteiger partial charge in [-0.2, -0.15) is 0 Å². The summed E-state index contributed by atoms with van der Waals surface area (Å²) in [5.41, 5.74) is 1.59. The van der Waals surface area contributed by atoms with E-state index in [1.807, 2.05) is 45.0 Å². The molecule has 0 spiro atoms. The fourth-order valence-electron chi connectivity index (χ4n) is 2.12. The van der Waals surface area contributed by atoms with E-state index < -0.39 is 6.09 Å². The molecule has 0 saturated carbocycles. The number of carbonyl (C=O) groups is 1. The average molecular weight is 369 g/mol. The van der Waals surface area contributed by atoms with E-state index in [0.29, 0.717) is 10.8 Å². The lowest BCUT2D eigenvalue weighted by molar-refractivity contribution is 0.213. The lowest BCUT2D eigenvalue weighted by Gasteiger charge is -2.07. The van der Waals surface area contributed by atoms with E-state index in [4.69, 9.17) is 4.74 Å². The minimum absolute atomic E-state index is 0.216. The van der Waals surface area contributed by atoms with E-state index in [1.165, 1.54) is 11.3 Å². The van der Waals surface area contributed by atoms with Crippen molar-refractivity contribution in [2.24, 2.45) is 0 Å². The number of aromatic nitrogens is 3. The van der Waals surface area contributed by atoms with Crippen LogP contribution in [0.2, 0.25) is 0 Å². The molecule has 3 aromatic heterocycles. The number of carbonyl (C=O) groups excluding carboxylic acids is 1. The van der Waals surface area contributed by atoms with Gasteiger partial charge in [-0.25, -0.2) is 14.8 Å². The molecule has 0 bridgehead atoms. The van der Waals surface area contributed by atoms with Crippen LogP contribution >= 0.6 is 11.3 Å². The molecule has 0 atom stereocenters. The predicted octanol–water partition coefficient (Wildman–Crippen LogP) is 4.72. The minimum Gasteiger partial charge on any atom is -0.388 e. The lowest BCUT2D eigenvalue weighted by atomic mass is 10.2. The van der Waals surface area contributed by atoms with E-state index in [9.17, 15) is 4.79 Å². The largest absolute Gasteiger partial charge is 0.419 e. The van der Waals surface area contributed by atoms with Crippen molar-refractivity contribution in [3.05, 3.63) is 53.4 Å². The second-order valence-electron chi connectivity index (χ2n) is 5.89. The van der Waals surface area contributed by atoms with Gasteiger partial charge in [0.05, 0.1) is 11.9 Å². The number of hydrogen-bond acceptors (Lipinski definition) is 7. The molecule has 134 valence electrons. The Morgan fingerprint density at radius 2 is 2.04 bits per heavy atom. The third-order valence-electron chi connectivity index (χ3n) is 3.33. The zero-order valence-electron chi connectivity index (χ0n) is 14.7. The maximum Gasteiger partial charge on any atom is 0.419 e. The molecule has 1 amide bonds. The third-order valence-corrected chi connectivity index (χ3v) is 4.59. The van der Waals surface area contributed by atoms with Crippen molar-refractivity contribution in [3.8, 4) is 5.88 Å². The zero-order chi connectivity index (χ0) is 18.5. The third kappa shape index (κ3) is 4.54. The summed E-state index contributed by atoms with van der Waals surface area (Å²) >= 11 is 1.44. The van der Waals surface area contributed by atoms with Crippen LogP contribution in [0.15, 0.2) is 42.7 Å². The molecular formula is C18H19N5O2S. The number of ether oxygens (including phenoxy) is 1. The van der Waals surface area contributed by atoms with Crippen molar-refractivity contribution >= 4 is 33.9 Å². The smallest absolute Gasteiger partial charge is 0.388 e. The summed E-state index contributed by atoms with van der Waals surface area (Å²) in [6.45, 7) is 5.92. The van der Waals surface area contributed by atoms with Crippen LogP contribution in [-0.4, -0.2) is 21.0 Å². The monoisotopic (exact) mass is 369 g/mol. The fourth-order valence-corrected chi connectivity index (χ4v) is 3.03. The number of amides is 1. The first kappa shape index (κ1) is 17.8. The molecule has 2 N–H and O–H groups in total. The first-order chi connectivity index (χ1) is 12.5. The second kappa shape index (κ2) is 7.92. The Morgan fingerprint density at radius 1 is 1.19 bits per heavy atom. The van der Waals surface area contributed by atoms with E-state index in [-0.39, 0.29) is 11.8 Å². The maximum atomic E-state index is 12.2. The highest BCUT2D eigenvalue weighted by Gasteiger charge is 2.18. The van der Waals surface area contributed by atoms with Gasteiger partial charge in [-0.3, -0.25) is 10.3 Å². The molecule has 7 nitrogen and oxygen atoms in total. The van der Waals surface area contributed by atoms with Crippen molar-refractivity contribution in [3.63, 3.8) is 0 Å². The topological polar surface area (TPSA) is 89.0 Å². The van der Waals surface area contributed by atoms with Crippen LogP contribution in [0.4, 0.5) is 21.3 Å². The van der Waals surface area contributed by atoms with Gasteiger partial charge in [-0.05, 0) is 31.2 Å². The predicted molar refractivity (Wildman–Crippen MR) is 102 cm³/mol. The van der Waals surface area contributed by atoms with Crippen LogP contribution in [0.1, 0.15) is 30.5 Å². The average Bonchev–Trinajstić information content (AvgIpc) is 2.98. The summed E-state index contributed by atoms with van der Waals surface area (Å²) in [5, 5.41) is 7.33. The molecule has 0 unspecified atom stereocenters. The van der Waals surface area contributed by atoms with Crippen LogP contribution in [-0.2, 0) is 0 Å². The molecule has 0 aromatic carbocycles. The molecule has 0 aliphatic carbocycles. The lowest BCUT2D eigenvalue weighted by Crippen LogP contribution is -2.18. The fraction of sp³-hybridized carbons (Fsp3) is 0.222. The highest BCUT2D eigenvalue weighted by Crippen LogP contribution is 2.36. The van der Waals surface area contributed by atoms with Gasteiger partial charge in [0.2, 0.25) is 0 Å². The van der Waals surface area contributed by atoms with Gasteiger partial charge < -0.3 is 10.1 Å². The minimum atomic E-state index is -0.641. The van der Waals surface area contributed by atoms with E-state index in [2.05, 4.69) is 25.6 Å². The number of aryl methyl sites for hydroxylation is 1. The highest BCUT2D eigenvalue weighted by molar-refractivity contribution is 7.16. The second-order valence-corrected chi connectivity index (χ2v) is 6.92. The summed E-state index contributed by atoms with van der Waals surface area (Å²) in [5.74, 6) is 0.872. The number of anilines is 3. The number of pyridine rings is 2. The Hall–Kier alpha value is -3.00. The van der Waals surface area contributed by atoms with Crippen LogP contribution in [0.3, 0.4) is 0 Å². The summed E-state index contributed by atoms with van der Waals surface area (Å²) in [6, 6.07) is 9.06. The first-order valence-corrected chi connectivity index (χ1v) is 8.93. The Labute approximate surface area is 155 Å². The van der Waals surface area contributed by atoms with Crippen molar-refractivity contribution in [2.75, 3.05) is 10.6 Å². The van der Waals surface area contributed by atoms with Crippen molar-refractivity contribution in [1.29, 1.82) is 0 Å². The number of thiazole rings is 1. The van der Waals surface area contributed by atoms with Crippen LogP contribution in [0.5, 0.6) is 5.88 Å². The molecule has 26 heavy (non-hydrogen) atoms. The van der Waals surface area contributed by atoms with Crippen LogP contribution in [0, 0.1) is 6.92 Å². The molecular weight excluding hydrogens is 350 g/mol. The quantitative estimate of drug-likeness (QED) is 0.676. The van der Waals surface area contributed by atoms with E-state index >= 15 is 0 Å². The molecule has 3 rings (SSSR count). The van der Waals surface area contributed by atoms with Gasteiger partial charge in [-0.1, -0.05) is 31.3 Å². The normalized spacial score (nSPS) is 10.6. The SMILES string of the molecule is Cc1cccc(NC(=O)Oc2nc(C(C)C)sc2Nc2cccnc2)n1. The van der Waals surface area contributed by atoms with Gasteiger partial charge in [0.25, 0.3) is 5.88 Å². The summed E-state index contributed by atoms with van der Waals surface area (Å²) in [7, 11) is 0. The van der Waals surface area contributed by atoms with Gasteiger partial charge >= 0.3 is 6.09 Å². The van der Waals surface area contributed by atoms with Gasteiger partial charge in [0, 0.05) is 17.8 Å². The summed E-state index contributed by atoms with van der Waals surface area (Å²) < 4.78 is 5.42. The highest BCUT2D eigenvalue weighted by atomic mass is 32.1.